The number of furan rings is 1. The molecule has 3 heteroatoms. The van der Waals surface area contributed by atoms with Crippen LogP contribution in [0.3, 0.4) is 0 Å². The van der Waals surface area contributed by atoms with Gasteiger partial charge in [0, 0.05) is 24.2 Å². The molecule has 2 rings (SSSR count). The van der Waals surface area contributed by atoms with E-state index in [1.807, 2.05) is 0 Å². The Bertz CT molecular complexity index is 413. The van der Waals surface area contributed by atoms with Gasteiger partial charge in [0.25, 0.3) is 0 Å². The van der Waals surface area contributed by atoms with Gasteiger partial charge in [-0.1, -0.05) is 0 Å². The van der Waals surface area contributed by atoms with Crippen molar-refractivity contribution < 1.29 is 4.42 Å². The SMILES string of the molecule is Cc1oc(CN(C)CC2CC2)cc1CNC(C)(C)C. The molecule has 0 bridgehead atoms. The van der Waals surface area contributed by atoms with E-state index in [9.17, 15) is 0 Å². The number of nitrogens with zero attached hydrogens (tertiary/aromatic N) is 1. The highest BCUT2D eigenvalue weighted by Gasteiger charge is 2.23. The Morgan fingerprint density at radius 2 is 2.05 bits per heavy atom. The van der Waals surface area contributed by atoms with Gasteiger partial charge in [0.15, 0.2) is 0 Å². The molecule has 1 aromatic rings. The van der Waals surface area contributed by atoms with E-state index in [0.717, 1.165) is 30.5 Å². The summed E-state index contributed by atoms with van der Waals surface area (Å²) in [5, 5.41) is 3.51. The third-order valence-electron chi connectivity index (χ3n) is 3.57. The topological polar surface area (TPSA) is 28.4 Å². The smallest absolute Gasteiger partial charge is 0.118 e. The Morgan fingerprint density at radius 3 is 2.63 bits per heavy atom. The maximum atomic E-state index is 5.87. The van der Waals surface area contributed by atoms with Crippen LogP contribution in [0.15, 0.2) is 10.5 Å². The van der Waals surface area contributed by atoms with Crippen molar-refractivity contribution in [1.82, 2.24) is 10.2 Å². The second kappa shape index (κ2) is 5.68. The fourth-order valence-electron chi connectivity index (χ4n) is 2.27. The van der Waals surface area contributed by atoms with Crippen LogP contribution in [0.1, 0.15) is 50.7 Å². The molecule has 0 radical (unpaired) electrons. The third-order valence-corrected chi connectivity index (χ3v) is 3.57. The second-order valence-corrected chi connectivity index (χ2v) is 7.04. The van der Waals surface area contributed by atoms with E-state index in [1.165, 1.54) is 24.9 Å². The minimum Gasteiger partial charge on any atom is -0.465 e. The van der Waals surface area contributed by atoms with Crippen LogP contribution < -0.4 is 5.32 Å². The average Bonchev–Trinajstić information content (AvgIpc) is 2.99. The molecular weight excluding hydrogens is 236 g/mol. The quantitative estimate of drug-likeness (QED) is 0.854. The van der Waals surface area contributed by atoms with Crippen molar-refractivity contribution in [2.75, 3.05) is 13.6 Å². The second-order valence-electron chi connectivity index (χ2n) is 7.04. The van der Waals surface area contributed by atoms with Crippen molar-refractivity contribution in [3.05, 3.63) is 23.2 Å². The highest BCUT2D eigenvalue weighted by atomic mass is 16.3. The lowest BCUT2D eigenvalue weighted by atomic mass is 10.1. The molecule has 1 heterocycles. The number of rotatable bonds is 6. The number of aryl methyl sites for hydroxylation is 1. The Labute approximate surface area is 117 Å². The van der Waals surface area contributed by atoms with E-state index < -0.39 is 0 Å². The highest BCUT2D eigenvalue weighted by Crippen LogP contribution is 2.29. The molecule has 1 aromatic heterocycles. The third kappa shape index (κ3) is 5.00. The van der Waals surface area contributed by atoms with Gasteiger partial charge < -0.3 is 9.73 Å². The summed E-state index contributed by atoms with van der Waals surface area (Å²) in [5.41, 5.74) is 1.43. The predicted molar refractivity (Wildman–Crippen MR) is 79.1 cm³/mol. The van der Waals surface area contributed by atoms with Gasteiger partial charge in [-0.3, -0.25) is 4.90 Å². The van der Waals surface area contributed by atoms with Crippen molar-refractivity contribution in [2.24, 2.45) is 5.92 Å². The van der Waals surface area contributed by atoms with Gasteiger partial charge in [-0.15, -0.1) is 0 Å². The zero-order valence-corrected chi connectivity index (χ0v) is 13.0. The normalized spacial score (nSPS) is 16.3. The fraction of sp³-hybridized carbons (Fsp3) is 0.750. The van der Waals surface area contributed by atoms with Gasteiger partial charge in [-0.05, 0) is 59.6 Å². The molecule has 0 unspecified atom stereocenters. The summed E-state index contributed by atoms with van der Waals surface area (Å²) < 4.78 is 5.87. The molecule has 1 aliphatic carbocycles. The van der Waals surface area contributed by atoms with Crippen LogP contribution in [-0.2, 0) is 13.1 Å². The summed E-state index contributed by atoms with van der Waals surface area (Å²) in [7, 11) is 2.18. The average molecular weight is 264 g/mol. The Kier molecular flexibility index (Phi) is 4.36. The first-order chi connectivity index (χ1) is 8.83. The minimum atomic E-state index is 0.145. The number of hydrogen-bond donors (Lipinski definition) is 1. The molecule has 0 aromatic carbocycles. The molecule has 3 nitrogen and oxygen atoms in total. The highest BCUT2D eigenvalue weighted by molar-refractivity contribution is 5.21. The van der Waals surface area contributed by atoms with E-state index in [1.54, 1.807) is 0 Å². The first-order valence-corrected chi connectivity index (χ1v) is 7.35. The zero-order valence-electron chi connectivity index (χ0n) is 13.0. The van der Waals surface area contributed by atoms with Crippen molar-refractivity contribution >= 4 is 0 Å². The lowest BCUT2D eigenvalue weighted by Crippen LogP contribution is -2.35. The first-order valence-electron chi connectivity index (χ1n) is 7.35. The predicted octanol–water partition coefficient (Wildman–Crippen LogP) is 3.32. The molecule has 0 aliphatic heterocycles. The molecule has 0 amide bonds. The van der Waals surface area contributed by atoms with Crippen molar-refractivity contribution in [3.8, 4) is 0 Å². The van der Waals surface area contributed by atoms with Gasteiger partial charge in [-0.25, -0.2) is 0 Å². The van der Waals surface area contributed by atoms with Crippen LogP contribution in [0.5, 0.6) is 0 Å². The van der Waals surface area contributed by atoms with Crippen LogP contribution in [0.2, 0.25) is 0 Å². The van der Waals surface area contributed by atoms with Crippen LogP contribution >= 0.6 is 0 Å². The van der Waals surface area contributed by atoms with E-state index in [2.05, 4.69) is 51.0 Å². The van der Waals surface area contributed by atoms with Crippen LogP contribution in [-0.4, -0.2) is 24.0 Å². The van der Waals surface area contributed by atoms with Crippen LogP contribution in [0, 0.1) is 12.8 Å². The maximum Gasteiger partial charge on any atom is 0.118 e. The number of hydrogen-bond acceptors (Lipinski definition) is 3. The van der Waals surface area contributed by atoms with E-state index >= 15 is 0 Å². The van der Waals surface area contributed by atoms with E-state index in [-0.39, 0.29) is 5.54 Å². The molecule has 1 fully saturated rings. The van der Waals surface area contributed by atoms with Gasteiger partial charge in [0.05, 0.1) is 6.54 Å². The van der Waals surface area contributed by atoms with Gasteiger partial charge in [0.2, 0.25) is 0 Å². The zero-order chi connectivity index (χ0) is 14.0. The molecular formula is C16H28N2O. The summed E-state index contributed by atoms with van der Waals surface area (Å²) in [4.78, 5) is 2.37. The lowest BCUT2D eigenvalue weighted by molar-refractivity contribution is 0.282. The summed E-state index contributed by atoms with van der Waals surface area (Å²) in [5.74, 6) is 3.07. The van der Waals surface area contributed by atoms with Crippen molar-refractivity contribution in [2.45, 2.75) is 59.2 Å². The van der Waals surface area contributed by atoms with Gasteiger partial charge >= 0.3 is 0 Å². The van der Waals surface area contributed by atoms with Crippen molar-refractivity contribution in [3.63, 3.8) is 0 Å². The molecule has 1 N–H and O–H groups in total. The maximum absolute atomic E-state index is 5.87. The molecule has 1 saturated carbocycles. The van der Waals surface area contributed by atoms with Crippen molar-refractivity contribution in [1.29, 1.82) is 0 Å². The molecule has 0 atom stereocenters. The van der Waals surface area contributed by atoms with Gasteiger partial charge in [-0.2, -0.15) is 0 Å². The Hall–Kier alpha value is -0.800. The molecule has 0 saturated heterocycles. The fourth-order valence-corrected chi connectivity index (χ4v) is 2.27. The lowest BCUT2D eigenvalue weighted by Gasteiger charge is -2.20. The summed E-state index contributed by atoms with van der Waals surface area (Å²) in [6.07, 6.45) is 2.81. The summed E-state index contributed by atoms with van der Waals surface area (Å²) >= 11 is 0. The monoisotopic (exact) mass is 264 g/mol. The minimum absolute atomic E-state index is 0.145. The van der Waals surface area contributed by atoms with E-state index in [4.69, 9.17) is 4.42 Å². The number of nitrogens with one attached hydrogen (secondary N) is 1. The van der Waals surface area contributed by atoms with E-state index in [0.29, 0.717) is 0 Å². The summed E-state index contributed by atoms with van der Waals surface area (Å²) in [6, 6.07) is 2.21. The molecule has 1 aliphatic rings. The first kappa shape index (κ1) is 14.6. The van der Waals surface area contributed by atoms with Crippen LogP contribution in [0.4, 0.5) is 0 Å². The van der Waals surface area contributed by atoms with Crippen LogP contribution in [0.25, 0.3) is 0 Å². The largest absolute Gasteiger partial charge is 0.465 e. The van der Waals surface area contributed by atoms with Gasteiger partial charge in [0.1, 0.15) is 11.5 Å². The molecule has 19 heavy (non-hydrogen) atoms. The Morgan fingerprint density at radius 1 is 1.37 bits per heavy atom. The molecule has 108 valence electrons. The Balaban J connectivity index is 1.88. The molecule has 0 spiro atoms. The standard InChI is InChI=1S/C16H28N2O/c1-12-14(9-17-16(2,3)4)8-15(19-12)11-18(5)10-13-6-7-13/h8,13,17H,6-7,9-11H2,1-5H3. The summed E-state index contributed by atoms with van der Waals surface area (Å²) in [6.45, 7) is 11.6.